The van der Waals surface area contributed by atoms with Crippen molar-refractivity contribution in [3.8, 4) is 0 Å². The summed E-state index contributed by atoms with van der Waals surface area (Å²) >= 11 is 0. The van der Waals surface area contributed by atoms with Crippen LogP contribution < -0.4 is 0 Å². The molecule has 7 heteroatoms. The molecule has 7 nitrogen and oxygen atoms in total. The van der Waals surface area contributed by atoms with Gasteiger partial charge in [0.15, 0.2) is 6.29 Å². The van der Waals surface area contributed by atoms with Crippen LogP contribution in [0.2, 0.25) is 0 Å². The molecular weight excluding hydrogens is 506 g/mol. The zero-order valence-corrected chi connectivity index (χ0v) is 24.1. The number of ether oxygens (including phenoxy) is 3. The Kier molecular flexibility index (Phi) is 6.69. The molecule has 40 heavy (non-hydrogen) atoms. The Morgan fingerprint density at radius 3 is 2.42 bits per heavy atom. The first-order valence-corrected chi connectivity index (χ1v) is 15.8. The van der Waals surface area contributed by atoms with E-state index in [1.165, 1.54) is 11.3 Å². The summed E-state index contributed by atoms with van der Waals surface area (Å²) in [7, 11) is 0. The SMILES string of the molecule is C[C@]12CC(C3OCCO3)[C@H](OCCCN3C(=O)c4ccccc4C3=O)C[C@H]1CC[C@@H]1[C@@H]2CC[C@]2(C)CCC[C@]12O. The van der Waals surface area contributed by atoms with Crippen LogP contribution in [-0.2, 0) is 14.2 Å². The van der Waals surface area contributed by atoms with Crippen LogP contribution in [0.3, 0.4) is 0 Å². The Bertz CT molecular complexity index is 1130. The molecule has 5 fully saturated rings. The van der Waals surface area contributed by atoms with Crippen LogP contribution in [0, 0.1) is 34.5 Å². The number of fused-ring (bicyclic) bond motifs is 6. The second kappa shape index (κ2) is 9.89. The average molecular weight is 552 g/mol. The lowest BCUT2D eigenvalue weighted by atomic mass is 9.43. The van der Waals surface area contributed by atoms with Gasteiger partial charge >= 0.3 is 0 Å². The van der Waals surface area contributed by atoms with Gasteiger partial charge in [0.2, 0.25) is 0 Å². The number of carbonyl (C=O) groups excluding carboxylic acids is 2. The molecule has 2 heterocycles. The van der Waals surface area contributed by atoms with Gasteiger partial charge in [-0.2, -0.15) is 0 Å². The fourth-order valence-electron chi connectivity index (χ4n) is 10.3. The molecule has 1 saturated heterocycles. The largest absolute Gasteiger partial charge is 0.389 e. The molecule has 0 spiro atoms. The predicted molar refractivity (Wildman–Crippen MR) is 149 cm³/mol. The first-order chi connectivity index (χ1) is 19.3. The van der Waals surface area contributed by atoms with Crippen LogP contribution in [0.1, 0.15) is 98.8 Å². The van der Waals surface area contributed by atoms with Crippen molar-refractivity contribution >= 4 is 11.8 Å². The quantitative estimate of drug-likeness (QED) is 0.386. The van der Waals surface area contributed by atoms with Gasteiger partial charge < -0.3 is 19.3 Å². The van der Waals surface area contributed by atoms with Gasteiger partial charge in [0.1, 0.15) is 0 Å². The van der Waals surface area contributed by atoms with Gasteiger partial charge in [-0.3, -0.25) is 14.5 Å². The Hall–Kier alpha value is -1.80. The summed E-state index contributed by atoms with van der Waals surface area (Å²) in [6, 6.07) is 7.05. The minimum Gasteiger partial charge on any atom is -0.389 e. The molecule has 0 radical (unpaired) electrons. The van der Waals surface area contributed by atoms with E-state index in [0.717, 1.165) is 51.4 Å². The van der Waals surface area contributed by atoms with Crippen LogP contribution >= 0.6 is 0 Å². The summed E-state index contributed by atoms with van der Waals surface area (Å²) in [6.07, 6.45) is 10.3. The van der Waals surface area contributed by atoms with Gasteiger partial charge in [0, 0.05) is 19.1 Å². The molecule has 4 aliphatic carbocycles. The van der Waals surface area contributed by atoms with Crippen molar-refractivity contribution < 1.29 is 28.9 Å². The lowest BCUT2D eigenvalue weighted by Gasteiger charge is -2.64. The third-order valence-electron chi connectivity index (χ3n) is 12.4. The fourth-order valence-corrected chi connectivity index (χ4v) is 10.3. The van der Waals surface area contributed by atoms with E-state index < -0.39 is 5.60 Å². The molecule has 1 N–H and O–H groups in total. The highest BCUT2D eigenvalue weighted by Crippen LogP contribution is 2.68. The Labute approximate surface area is 237 Å². The first kappa shape index (κ1) is 27.1. The molecule has 6 aliphatic rings. The molecule has 1 unspecified atom stereocenters. The van der Waals surface area contributed by atoms with Crippen LogP contribution in [0.15, 0.2) is 24.3 Å². The van der Waals surface area contributed by atoms with E-state index in [-0.39, 0.29) is 41.0 Å². The van der Waals surface area contributed by atoms with Crippen LogP contribution in [-0.4, -0.2) is 66.2 Å². The summed E-state index contributed by atoms with van der Waals surface area (Å²) in [4.78, 5) is 26.9. The maximum Gasteiger partial charge on any atom is 0.261 e. The maximum atomic E-state index is 12.8. The lowest BCUT2D eigenvalue weighted by Crippen LogP contribution is -2.62. The molecule has 0 bridgehead atoms. The maximum absolute atomic E-state index is 12.8. The second-order valence-electron chi connectivity index (χ2n) is 14.2. The monoisotopic (exact) mass is 551 g/mol. The smallest absolute Gasteiger partial charge is 0.261 e. The molecule has 1 aromatic carbocycles. The summed E-state index contributed by atoms with van der Waals surface area (Å²) in [5.74, 6) is 1.21. The Morgan fingerprint density at radius 1 is 0.975 bits per heavy atom. The Balaban J connectivity index is 1.04. The van der Waals surface area contributed by atoms with Crippen molar-refractivity contribution in [2.24, 2.45) is 34.5 Å². The van der Waals surface area contributed by atoms with Crippen molar-refractivity contribution in [3.05, 3.63) is 35.4 Å². The number of rotatable bonds is 6. The second-order valence-corrected chi connectivity index (χ2v) is 14.2. The van der Waals surface area contributed by atoms with Crippen LogP contribution in [0.25, 0.3) is 0 Å². The van der Waals surface area contributed by atoms with Gasteiger partial charge in [0.05, 0.1) is 36.0 Å². The third kappa shape index (κ3) is 3.98. The summed E-state index contributed by atoms with van der Waals surface area (Å²) in [5.41, 5.74) is 0.696. The van der Waals surface area contributed by atoms with Crippen molar-refractivity contribution in [1.29, 1.82) is 0 Å². The van der Waals surface area contributed by atoms with E-state index in [1.54, 1.807) is 24.3 Å². The number of amides is 2. The van der Waals surface area contributed by atoms with Crippen LogP contribution in [0.5, 0.6) is 0 Å². The number of carbonyl (C=O) groups is 2. The minimum absolute atomic E-state index is 0.0309. The van der Waals surface area contributed by atoms with Crippen molar-refractivity contribution in [2.45, 2.75) is 96.1 Å². The molecule has 0 aromatic heterocycles. The molecule has 8 atom stereocenters. The predicted octanol–water partition coefficient (Wildman–Crippen LogP) is 5.20. The van der Waals surface area contributed by atoms with E-state index in [1.807, 2.05) is 0 Å². The standard InChI is InChI=1S/C33H45NO6/c1-31-12-5-13-33(31,37)26-10-9-21-19-27(24(30-39-17-18-40-30)20-32(21,2)25(26)11-14-31)38-16-6-15-34-28(35)22-7-3-4-8-23(22)29(34)36/h3-4,7-8,21,24-27,30,37H,5-6,9-20H2,1-2H3/t21-,24?,25+,26-,27-,31+,32+,33+/m1/s1. The molecular formula is C33H45NO6. The van der Waals surface area contributed by atoms with E-state index in [4.69, 9.17) is 14.2 Å². The molecule has 1 aromatic rings. The number of aliphatic hydroxyl groups is 1. The number of nitrogens with zero attached hydrogens (tertiary/aromatic N) is 1. The Morgan fingerprint density at radius 2 is 1.70 bits per heavy atom. The average Bonchev–Trinajstić information content (AvgIpc) is 3.65. The van der Waals surface area contributed by atoms with Crippen molar-refractivity contribution in [1.82, 2.24) is 4.90 Å². The van der Waals surface area contributed by atoms with E-state index in [2.05, 4.69) is 13.8 Å². The lowest BCUT2D eigenvalue weighted by molar-refractivity contribution is -0.229. The molecule has 7 rings (SSSR count). The van der Waals surface area contributed by atoms with E-state index >= 15 is 0 Å². The summed E-state index contributed by atoms with van der Waals surface area (Å²) in [5, 5.41) is 12.1. The van der Waals surface area contributed by atoms with Crippen LogP contribution in [0.4, 0.5) is 0 Å². The summed E-state index contributed by atoms with van der Waals surface area (Å²) < 4.78 is 18.8. The molecule has 2 aliphatic heterocycles. The number of hydrogen-bond acceptors (Lipinski definition) is 6. The highest BCUT2D eigenvalue weighted by Gasteiger charge is 2.65. The topological polar surface area (TPSA) is 85.3 Å². The van der Waals surface area contributed by atoms with Gasteiger partial charge in [-0.15, -0.1) is 0 Å². The summed E-state index contributed by atoms with van der Waals surface area (Å²) in [6.45, 7) is 6.95. The number of benzene rings is 1. The number of hydrogen-bond donors (Lipinski definition) is 1. The van der Waals surface area contributed by atoms with Gasteiger partial charge in [-0.1, -0.05) is 26.0 Å². The van der Waals surface area contributed by atoms with Crippen molar-refractivity contribution in [3.63, 3.8) is 0 Å². The van der Waals surface area contributed by atoms with Gasteiger partial charge in [-0.05, 0) is 105 Å². The molecule has 4 saturated carbocycles. The van der Waals surface area contributed by atoms with Gasteiger partial charge in [0.25, 0.3) is 11.8 Å². The molecule has 2 amide bonds. The minimum atomic E-state index is -0.517. The zero-order valence-electron chi connectivity index (χ0n) is 24.1. The normalized spacial score (nSPS) is 43.0. The number of imide groups is 1. The highest BCUT2D eigenvalue weighted by atomic mass is 16.7. The highest BCUT2D eigenvalue weighted by molar-refractivity contribution is 6.21. The fraction of sp³-hybridized carbons (Fsp3) is 0.758. The molecule has 218 valence electrons. The third-order valence-corrected chi connectivity index (χ3v) is 12.4. The van der Waals surface area contributed by atoms with E-state index in [9.17, 15) is 14.7 Å². The zero-order chi connectivity index (χ0) is 27.7. The first-order valence-electron chi connectivity index (χ1n) is 15.8. The van der Waals surface area contributed by atoms with Crippen molar-refractivity contribution in [2.75, 3.05) is 26.4 Å². The van der Waals surface area contributed by atoms with E-state index in [0.29, 0.717) is 61.7 Å². The van der Waals surface area contributed by atoms with Gasteiger partial charge in [-0.25, -0.2) is 0 Å².